The lowest BCUT2D eigenvalue weighted by atomic mass is 10.3. The minimum Gasteiger partial charge on any atom is -0.275 e. The molecule has 0 aromatic carbocycles. The number of thioether (sulfide) groups is 1. The van der Waals surface area contributed by atoms with Crippen molar-refractivity contribution >= 4 is 23.6 Å². The molecule has 0 fully saturated rings. The Hall–Kier alpha value is -0.770. The van der Waals surface area contributed by atoms with Crippen molar-refractivity contribution < 1.29 is 9.59 Å². The Morgan fingerprint density at radius 3 is 2.57 bits per heavy atom. The van der Waals surface area contributed by atoms with E-state index >= 15 is 0 Å². The third-order valence-electron chi connectivity index (χ3n) is 2.17. The van der Waals surface area contributed by atoms with Gasteiger partial charge in [-0.05, 0) is 31.8 Å². The highest BCUT2D eigenvalue weighted by molar-refractivity contribution is 7.98. The summed E-state index contributed by atoms with van der Waals surface area (Å²) in [6, 6.07) is 0. The SMILES string of the molecule is CSCCCCN1C(=O)C=C(C)C1=O. The highest BCUT2D eigenvalue weighted by Gasteiger charge is 2.27. The van der Waals surface area contributed by atoms with Crippen LogP contribution in [0.15, 0.2) is 11.6 Å². The summed E-state index contributed by atoms with van der Waals surface area (Å²) in [6.45, 7) is 2.24. The van der Waals surface area contributed by atoms with Crippen molar-refractivity contribution in [2.45, 2.75) is 19.8 Å². The molecule has 0 bridgehead atoms. The molecule has 2 amide bonds. The third kappa shape index (κ3) is 2.61. The number of hydrogen-bond donors (Lipinski definition) is 0. The number of amides is 2. The summed E-state index contributed by atoms with van der Waals surface area (Å²) in [5.74, 6) is 0.804. The quantitative estimate of drug-likeness (QED) is 0.512. The number of carbonyl (C=O) groups excluding carboxylic acids is 2. The largest absolute Gasteiger partial charge is 0.275 e. The molecule has 0 atom stereocenters. The summed E-state index contributed by atoms with van der Waals surface area (Å²) in [6.07, 6.45) is 5.42. The van der Waals surface area contributed by atoms with Gasteiger partial charge in [0.1, 0.15) is 0 Å². The molecular formula is C10H15NO2S. The van der Waals surface area contributed by atoms with Crippen molar-refractivity contribution in [3.05, 3.63) is 11.6 Å². The second kappa shape index (κ2) is 5.20. The first-order chi connectivity index (χ1) is 6.66. The van der Waals surface area contributed by atoms with Crippen molar-refractivity contribution in [1.29, 1.82) is 0 Å². The first-order valence-corrected chi connectivity index (χ1v) is 6.09. The van der Waals surface area contributed by atoms with E-state index in [1.54, 1.807) is 18.7 Å². The molecule has 0 aromatic heterocycles. The number of nitrogens with zero attached hydrogens (tertiary/aromatic N) is 1. The van der Waals surface area contributed by atoms with Crippen LogP contribution in [-0.2, 0) is 9.59 Å². The predicted molar refractivity (Wildman–Crippen MR) is 58.1 cm³/mol. The van der Waals surface area contributed by atoms with Crippen molar-refractivity contribution in [1.82, 2.24) is 4.90 Å². The Morgan fingerprint density at radius 1 is 1.36 bits per heavy atom. The lowest BCUT2D eigenvalue weighted by Crippen LogP contribution is -2.31. The van der Waals surface area contributed by atoms with Crippen LogP contribution in [0.3, 0.4) is 0 Å². The Kier molecular flexibility index (Phi) is 4.20. The van der Waals surface area contributed by atoms with Gasteiger partial charge >= 0.3 is 0 Å². The molecule has 1 heterocycles. The van der Waals surface area contributed by atoms with Crippen LogP contribution in [0.5, 0.6) is 0 Å². The molecule has 0 unspecified atom stereocenters. The fourth-order valence-corrected chi connectivity index (χ4v) is 1.86. The van der Waals surface area contributed by atoms with Gasteiger partial charge in [-0.1, -0.05) is 0 Å². The first-order valence-electron chi connectivity index (χ1n) is 4.70. The van der Waals surface area contributed by atoms with E-state index in [0.717, 1.165) is 18.6 Å². The smallest absolute Gasteiger partial charge is 0.256 e. The van der Waals surface area contributed by atoms with Crippen LogP contribution < -0.4 is 0 Å². The molecule has 0 saturated carbocycles. The highest BCUT2D eigenvalue weighted by atomic mass is 32.2. The monoisotopic (exact) mass is 213 g/mol. The van der Waals surface area contributed by atoms with Crippen LogP contribution in [0.2, 0.25) is 0 Å². The van der Waals surface area contributed by atoms with Gasteiger partial charge in [-0.3, -0.25) is 14.5 Å². The van der Waals surface area contributed by atoms with Crippen LogP contribution in [0, 0.1) is 0 Å². The van der Waals surface area contributed by atoms with E-state index in [1.807, 2.05) is 0 Å². The number of unbranched alkanes of at least 4 members (excludes halogenated alkanes) is 1. The predicted octanol–water partition coefficient (Wildman–Crippen LogP) is 1.44. The second-order valence-electron chi connectivity index (χ2n) is 3.32. The summed E-state index contributed by atoms with van der Waals surface area (Å²) in [7, 11) is 0. The molecule has 0 radical (unpaired) electrons. The zero-order valence-electron chi connectivity index (χ0n) is 8.58. The van der Waals surface area contributed by atoms with Gasteiger partial charge in [0.25, 0.3) is 11.8 Å². The Morgan fingerprint density at radius 2 is 2.07 bits per heavy atom. The molecule has 14 heavy (non-hydrogen) atoms. The Labute approximate surface area is 88.5 Å². The van der Waals surface area contributed by atoms with E-state index in [1.165, 1.54) is 11.0 Å². The highest BCUT2D eigenvalue weighted by Crippen LogP contribution is 2.13. The maximum absolute atomic E-state index is 11.4. The summed E-state index contributed by atoms with van der Waals surface area (Å²) in [4.78, 5) is 24.0. The molecule has 0 spiro atoms. The minimum absolute atomic E-state index is 0.126. The average Bonchev–Trinajstić information content (AvgIpc) is 2.38. The van der Waals surface area contributed by atoms with Crippen molar-refractivity contribution in [3.8, 4) is 0 Å². The van der Waals surface area contributed by atoms with E-state index < -0.39 is 0 Å². The summed E-state index contributed by atoms with van der Waals surface area (Å²) in [5, 5.41) is 0. The molecule has 1 aliphatic rings. The lowest BCUT2D eigenvalue weighted by molar-refractivity contribution is -0.137. The maximum atomic E-state index is 11.4. The van der Waals surface area contributed by atoms with Gasteiger partial charge in [-0.2, -0.15) is 11.8 Å². The van der Waals surface area contributed by atoms with E-state index in [0.29, 0.717) is 12.1 Å². The summed E-state index contributed by atoms with van der Waals surface area (Å²) in [5.41, 5.74) is 0.555. The zero-order chi connectivity index (χ0) is 10.6. The van der Waals surface area contributed by atoms with Crippen LogP contribution in [0.1, 0.15) is 19.8 Å². The van der Waals surface area contributed by atoms with E-state index in [2.05, 4.69) is 6.26 Å². The van der Waals surface area contributed by atoms with Crippen molar-refractivity contribution in [2.75, 3.05) is 18.6 Å². The first kappa shape index (κ1) is 11.3. The zero-order valence-corrected chi connectivity index (χ0v) is 9.39. The van der Waals surface area contributed by atoms with E-state index in [4.69, 9.17) is 0 Å². The molecule has 3 nitrogen and oxygen atoms in total. The molecule has 0 aliphatic carbocycles. The lowest BCUT2D eigenvalue weighted by Gasteiger charge is -2.13. The number of carbonyl (C=O) groups is 2. The summed E-state index contributed by atoms with van der Waals surface area (Å²) < 4.78 is 0. The topological polar surface area (TPSA) is 37.4 Å². The van der Waals surface area contributed by atoms with Crippen molar-refractivity contribution in [3.63, 3.8) is 0 Å². The van der Waals surface area contributed by atoms with Gasteiger partial charge in [0, 0.05) is 18.2 Å². The molecule has 0 saturated heterocycles. The van der Waals surface area contributed by atoms with Crippen LogP contribution >= 0.6 is 11.8 Å². The van der Waals surface area contributed by atoms with Gasteiger partial charge in [0.05, 0.1) is 0 Å². The fraction of sp³-hybridized carbons (Fsp3) is 0.600. The number of hydrogen-bond acceptors (Lipinski definition) is 3. The molecule has 1 aliphatic heterocycles. The molecule has 4 heteroatoms. The maximum Gasteiger partial charge on any atom is 0.256 e. The van der Waals surface area contributed by atoms with Gasteiger partial charge in [0.2, 0.25) is 0 Å². The van der Waals surface area contributed by atoms with Crippen LogP contribution in [0.25, 0.3) is 0 Å². The molecule has 78 valence electrons. The third-order valence-corrected chi connectivity index (χ3v) is 2.87. The number of rotatable bonds is 5. The standard InChI is InChI=1S/C10H15NO2S/c1-8-7-9(12)11(10(8)13)5-3-4-6-14-2/h7H,3-6H2,1-2H3. The Bertz CT molecular complexity index is 273. The minimum atomic E-state index is -0.156. The summed E-state index contributed by atoms with van der Waals surface area (Å²) >= 11 is 1.78. The second-order valence-corrected chi connectivity index (χ2v) is 4.31. The van der Waals surface area contributed by atoms with Crippen LogP contribution in [0.4, 0.5) is 0 Å². The van der Waals surface area contributed by atoms with E-state index in [-0.39, 0.29) is 11.8 Å². The molecular weight excluding hydrogens is 198 g/mol. The van der Waals surface area contributed by atoms with Crippen molar-refractivity contribution in [2.24, 2.45) is 0 Å². The van der Waals surface area contributed by atoms with Gasteiger partial charge in [0.15, 0.2) is 0 Å². The normalized spacial score (nSPS) is 16.4. The van der Waals surface area contributed by atoms with E-state index in [9.17, 15) is 9.59 Å². The average molecular weight is 213 g/mol. The van der Waals surface area contributed by atoms with Gasteiger partial charge < -0.3 is 0 Å². The van der Waals surface area contributed by atoms with Gasteiger partial charge in [-0.25, -0.2) is 0 Å². The van der Waals surface area contributed by atoms with Crippen LogP contribution in [-0.4, -0.2) is 35.3 Å². The Balaban J connectivity index is 2.33. The van der Waals surface area contributed by atoms with Gasteiger partial charge in [-0.15, -0.1) is 0 Å². The molecule has 1 rings (SSSR count). The molecule has 0 aromatic rings. The number of imide groups is 1. The fourth-order valence-electron chi connectivity index (χ4n) is 1.37. The molecule has 0 N–H and O–H groups in total.